The molecule has 1 aromatic heterocycles. The number of nitrogens with zero attached hydrogens (tertiary/aromatic N) is 1. The van der Waals surface area contributed by atoms with Crippen molar-refractivity contribution in [1.82, 2.24) is 4.98 Å². The summed E-state index contributed by atoms with van der Waals surface area (Å²) in [5.41, 5.74) is 2.95. The Balaban J connectivity index is 2.08. The molecule has 0 bridgehead atoms. The van der Waals surface area contributed by atoms with Gasteiger partial charge in [-0.15, -0.1) is 0 Å². The van der Waals surface area contributed by atoms with Crippen LogP contribution >= 0.6 is 15.9 Å². The van der Waals surface area contributed by atoms with Gasteiger partial charge in [-0.3, -0.25) is 4.98 Å². The van der Waals surface area contributed by atoms with Gasteiger partial charge in [0.1, 0.15) is 0 Å². The maximum atomic E-state index is 10.1. The van der Waals surface area contributed by atoms with E-state index >= 15 is 0 Å². The van der Waals surface area contributed by atoms with E-state index in [2.05, 4.69) is 20.9 Å². The number of aryl methyl sites for hydroxylation is 1. The normalized spacial score (nSPS) is 12.4. The van der Waals surface area contributed by atoms with E-state index < -0.39 is 6.10 Å². The molecule has 1 aromatic carbocycles. The van der Waals surface area contributed by atoms with Crippen LogP contribution in [0, 0.1) is 6.92 Å². The van der Waals surface area contributed by atoms with Crippen LogP contribution in [0.3, 0.4) is 0 Å². The molecule has 0 saturated carbocycles. The molecule has 0 spiro atoms. The maximum Gasteiger partial charge on any atom is 0.0845 e. The minimum Gasteiger partial charge on any atom is -0.388 e. The zero-order valence-corrected chi connectivity index (χ0v) is 11.2. The summed E-state index contributed by atoms with van der Waals surface area (Å²) in [5.74, 6) is 0. The molecule has 3 heteroatoms. The standard InChI is InChI=1S/C14H14BrNO/c1-10-2-7-13(16-9-10)8-14(17)11-3-5-12(15)6-4-11/h2-7,9,14,17H,8H2,1H3. The van der Waals surface area contributed by atoms with Crippen molar-refractivity contribution in [1.29, 1.82) is 0 Å². The van der Waals surface area contributed by atoms with Crippen molar-refractivity contribution in [3.8, 4) is 0 Å². The SMILES string of the molecule is Cc1ccc(CC(O)c2ccc(Br)cc2)nc1. The minimum absolute atomic E-state index is 0.502. The summed E-state index contributed by atoms with van der Waals surface area (Å²) < 4.78 is 1.02. The predicted molar refractivity (Wildman–Crippen MR) is 71.8 cm³/mol. The van der Waals surface area contributed by atoms with Gasteiger partial charge in [0, 0.05) is 22.8 Å². The van der Waals surface area contributed by atoms with Crippen LogP contribution in [0.1, 0.15) is 22.9 Å². The third-order valence-electron chi connectivity index (χ3n) is 2.63. The van der Waals surface area contributed by atoms with Crippen LogP contribution < -0.4 is 0 Å². The van der Waals surface area contributed by atoms with Gasteiger partial charge in [0.25, 0.3) is 0 Å². The summed E-state index contributed by atoms with van der Waals surface area (Å²) >= 11 is 3.38. The van der Waals surface area contributed by atoms with Gasteiger partial charge in [0.15, 0.2) is 0 Å². The quantitative estimate of drug-likeness (QED) is 0.940. The molecule has 17 heavy (non-hydrogen) atoms. The highest BCUT2D eigenvalue weighted by Crippen LogP contribution is 2.19. The van der Waals surface area contributed by atoms with Gasteiger partial charge in [0.05, 0.1) is 6.10 Å². The van der Waals surface area contributed by atoms with Crippen LogP contribution in [0.4, 0.5) is 0 Å². The Bertz CT molecular complexity index is 479. The average molecular weight is 292 g/mol. The second-order valence-electron chi connectivity index (χ2n) is 4.10. The van der Waals surface area contributed by atoms with Crippen LogP contribution in [0.5, 0.6) is 0 Å². The van der Waals surface area contributed by atoms with Crippen molar-refractivity contribution in [2.24, 2.45) is 0 Å². The highest BCUT2D eigenvalue weighted by atomic mass is 79.9. The molecule has 2 nitrogen and oxygen atoms in total. The van der Waals surface area contributed by atoms with Crippen LogP contribution in [0.25, 0.3) is 0 Å². The van der Waals surface area contributed by atoms with Gasteiger partial charge < -0.3 is 5.11 Å². The Morgan fingerprint density at radius 3 is 2.47 bits per heavy atom. The molecule has 2 aromatic rings. The first-order chi connectivity index (χ1) is 8.15. The number of halogens is 1. The first-order valence-electron chi connectivity index (χ1n) is 5.50. The lowest BCUT2D eigenvalue weighted by atomic mass is 10.0. The average Bonchev–Trinajstić information content (AvgIpc) is 2.33. The number of aliphatic hydroxyl groups excluding tert-OH is 1. The molecule has 1 heterocycles. The molecule has 1 unspecified atom stereocenters. The molecule has 0 aliphatic rings. The summed E-state index contributed by atoms with van der Waals surface area (Å²) in [4.78, 5) is 4.29. The van der Waals surface area contributed by atoms with Gasteiger partial charge in [-0.25, -0.2) is 0 Å². The molecule has 1 N–H and O–H groups in total. The van der Waals surface area contributed by atoms with Gasteiger partial charge in [-0.1, -0.05) is 34.1 Å². The summed E-state index contributed by atoms with van der Waals surface area (Å²) in [5, 5.41) is 10.1. The molecule has 0 fully saturated rings. The predicted octanol–water partition coefficient (Wildman–Crippen LogP) is 3.43. The fourth-order valence-electron chi connectivity index (χ4n) is 1.62. The number of benzene rings is 1. The lowest BCUT2D eigenvalue weighted by molar-refractivity contribution is 0.177. The van der Waals surface area contributed by atoms with E-state index in [1.54, 1.807) is 0 Å². The van der Waals surface area contributed by atoms with E-state index in [0.717, 1.165) is 21.3 Å². The Hall–Kier alpha value is -1.19. The molecule has 0 amide bonds. The van der Waals surface area contributed by atoms with E-state index in [9.17, 15) is 5.11 Å². The zero-order valence-electron chi connectivity index (χ0n) is 9.60. The molecule has 2 rings (SSSR count). The number of hydrogen-bond donors (Lipinski definition) is 1. The molecular weight excluding hydrogens is 278 g/mol. The Kier molecular flexibility index (Phi) is 3.92. The van der Waals surface area contributed by atoms with Gasteiger partial charge in [-0.2, -0.15) is 0 Å². The molecule has 1 atom stereocenters. The van der Waals surface area contributed by atoms with Crippen LogP contribution in [-0.2, 0) is 6.42 Å². The van der Waals surface area contributed by atoms with Crippen molar-refractivity contribution < 1.29 is 5.11 Å². The number of rotatable bonds is 3. The molecule has 88 valence electrons. The first kappa shape index (κ1) is 12.3. The van der Waals surface area contributed by atoms with Crippen molar-refractivity contribution in [3.05, 3.63) is 63.9 Å². The lowest BCUT2D eigenvalue weighted by Gasteiger charge is -2.10. The summed E-state index contributed by atoms with van der Waals surface area (Å²) in [6, 6.07) is 11.7. The topological polar surface area (TPSA) is 33.1 Å². The monoisotopic (exact) mass is 291 g/mol. The minimum atomic E-state index is -0.502. The third-order valence-corrected chi connectivity index (χ3v) is 3.16. The van der Waals surface area contributed by atoms with Crippen LogP contribution in [-0.4, -0.2) is 10.1 Å². The van der Waals surface area contributed by atoms with Gasteiger partial charge in [0.2, 0.25) is 0 Å². The van der Waals surface area contributed by atoms with E-state index in [1.807, 2.05) is 49.5 Å². The number of pyridine rings is 1. The van der Waals surface area contributed by atoms with Gasteiger partial charge >= 0.3 is 0 Å². The highest BCUT2D eigenvalue weighted by Gasteiger charge is 2.08. The van der Waals surface area contributed by atoms with E-state index in [1.165, 1.54) is 0 Å². The van der Waals surface area contributed by atoms with E-state index in [-0.39, 0.29) is 0 Å². The molecule has 0 saturated heterocycles. The van der Waals surface area contributed by atoms with Crippen molar-refractivity contribution in [2.45, 2.75) is 19.4 Å². The summed E-state index contributed by atoms with van der Waals surface area (Å²) in [6.45, 7) is 2.00. The number of aromatic nitrogens is 1. The van der Waals surface area contributed by atoms with E-state index in [4.69, 9.17) is 0 Å². The van der Waals surface area contributed by atoms with Gasteiger partial charge in [-0.05, 0) is 36.2 Å². The number of hydrogen-bond acceptors (Lipinski definition) is 2. The Labute approximate surface area is 109 Å². The van der Waals surface area contributed by atoms with E-state index in [0.29, 0.717) is 6.42 Å². The van der Waals surface area contributed by atoms with Crippen LogP contribution in [0.2, 0.25) is 0 Å². The second-order valence-corrected chi connectivity index (χ2v) is 5.01. The summed E-state index contributed by atoms with van der Waals surface area (Å²) in [7, 11) is 0. The maximum absolute atomic E-state index is 10.1. The smallest absolute Gasteiger partial charge is 0.0845 e. The van der Waals surface area contributed by atoms with Crippen molar-refractivity contribution in [3.63, 3.8) is 0 Å². The largest absolute Gasteiger partial charge is 0.388 e. The van der Waals surface area contributed by atoms with Crippen molar-refractivity contribution in [2.75, 3.05) is 0 Å². The first-order valence-corrected chi connectivity index (χ1v) is 6.29. The molecule has 0 aliphatic heterocycles. The Morgan fingerprint density at radius 1 is 1.18 bits per heavy atom. The van der Waals surface area contributed by atoms with Crippen LogP contribution in [0.15, 0.2) is 47.1 Å². The fourth-order valence-corrected chi connectivity index (χ4v) is 1.88. The Morgan fingerprint density at radius 2 is 1.88 bits per heavy atom. The zero-order chi connectivity index (χ0) is 12.3. The summed E-state index contributed by atoms with van der Waals surface area (Å²) in [6.07, 6.45) is 1.87. The molecule has 0 radical (unpaired) electrons. The molecular formula is C14H14BrNO. The lowest BCUT2D eigenvalue weighted by Crippen LogP contribution is -2.03. The highest BCUT2D eigenvalue weighted by molar-refractivity contribution is 9.10. The number of aliphatic hydroxyl groups is 1. The van der Waals surface area contributed by atoms with Crippen molar-refractivity contribution >= 4 is 15.9 Å². The fraction of sp³-hybridized carbons (Fsp3) is 0.214. The molecule has 0 aliphatic carbocycles. The third kappa shape index (κ3) is 3.38. The second kappa shape index (κ2) is 5.43.